The summed E-state index contributed by atoms with van der Waals surface area (Å²) in [4.78, 5) is 4.88. The molecule has 0 bridgehead atoms. The summed E-state index contributed by atoms with van der Waals surface area (Å²) >= 11 is 0. The van der Waals surface area contributed by atoms with E-state index in [1.54, 1.807) is 6.26 Å². The van der Waals surface area contributed by atoms with Gasteiger partial charge in [0.1, 0.15) is 5.75 Å². The summed E-state index contributed by atoms with van der Waals surface area (Å²) in [5.41, 5.74) is 4.26. The number of nitrogens with zero attached hydrogens (tertiary/aromatic N) is 2. The van der Waals surface area contributed by atoms with Gasteiger partial charge in [-0.25, -0.2) is 0 Å². The van der Waals surface area contributed by atoms with Gasteiger partial charge in [0, 0.05) is 10.8 Å². The molecular weight excluding hydrogens is 372 g/mol. The Kier molecular flexibility index (Phi) is 5.81. The zero-order chi connectivity index (χ0) is 21.8. The molecule has 0 N–H and O–H groups in total. The van der Waals surface area contributed by atoms with E-state index in [0.717, 1.165) is 11.1 Å². The molecule has 3 aromatic carbocycles. The topological polar surface area (TPSA) is 46.6 Å². The van der Waals surface area contributed by atoms with Crippen molar-refractivity contribution in [2.24, 2.45) is 0 Å². The van der Waals surface area contributed by atoms with Crippen LogP contribution in [0, 0.1) is 18.1 Å². The van der Waals surface area contributed by atoms with Gasteiger partial charge in [0.2, 0.25) is 5.75 Å². The molecule has 3 aromatic rings. The SMILES string of the molecule is [C-]#[N+]Oc1ccc(C(C)(C)c2cccc(C(C)(C)c3ccc(OC#N)cc3)c2)cc1. The standard InChI is InChI=1S/C26H24N2O2/c1-25(2,19-9-13-23(14-10-19)29-18-27)21-7-6-8-22(17-21)26(3,4)20-11-15-24(16-12-20)30-28-5/h6-17H,1-4H3. The van der Waals surface area contributed by atoms with Gasteiger partial charge in [-0.2, -0.15) is 11.4 Å². The summed E-state index contributed by atoms with van der Waals surface area (Å²) in [6, 6.07) is 23.9. The monoisotopic (exact) mass is 396 g/mol. The predicted octanol–water partition coefficient (Wildman–Crippen LogP) is 6.41. The third kappa shape index (κ3) is 4.14. The average molecular weight is 396 g/mol. The molecule has 30 heavy (non-hydrogen) atoms. The first-order valence-corrected chi connectivity index (χ1v) is 9.71. The van der Waals surface area contributed by atoms with Crippen LogP contribution in [0.2, 0.25) is 0 Å². The largest absolute Gasteiger partial charge is 0.388 e. The van der Waals surface area contributed by atoms with Crippen molar-refractivity contribution in [3.63, 3.8) is 0 Å². The van der Waals surface area contributed by atoms with Gasteiger partial charge in [-0.1, -0.05) is 76.2 Å². The van der Waals surface area contributed by atoms with E-state index in [1.165, 1.54) is 11.1 Å². The van der Waals surface area contributed by atoms with E-state index < -0.39 is 0 Å². The molecule has 0 atom stereocenters. The third-order valence-corrected chi connectivity index (χ3v) is 5.77. The number of nitriles is 1. The molecule has 0 fully saturated rings. The lowest BCUT2D eigenvalue weighted by Gasteiger charge is -2.31. The number of hydrogen-bond donors (Lipinski definition) is 0. The Bertz CT molecular complexity index is 1010. The minimum absolute atomic E-state index is 0.215. The van der Waals surface area contributed by atoms with E-state index in [-0.39, 0.29) is 10.8 Å². The molecule has 0 spiro atoms. The summed E-state index contributed by atoms with van der Waals surface area (Å²) in [5.74, 6) is 1.08. The summed E-state index contributed by atoms with van der Waals surface area (Å²) in [5, 5.41) is 11.6. The van der Waals surface area contributed by atoms with Crippen LogP contribution in [-0.2, 0) is 10.8 Å². The maximum absolute atomic E-state index is 8.68. The number of ether oxygens (including phenoxy) is 1. The second kappa shape index (κ2) is 8.31. The Morgan fingerprint density at radius 1 is 0.733 bits per heavy atom. The van der Waals surface area contributed by atoms with Crippen LogP contribution in [0.1, 0.15) is 49.9 Å². The summed E-state index contributed by atoms with van der Waals surface area (Å²) < 4.78 is 4.90. The highest BCUT2D eigenvalue weighted by Crippen LogP contribution is 2.37. The van der Waals surface area contributed by atoms with Crippen molar-refractivity contribution >= 4 is 0 Å². The highest BCUT2D eigenvalue weighted by atomic mass is 16.6. The molecule has 0 aromatic heterocycles. The van der Waals surface area contributed by atoms with E-state index in [2.05, 4.69) is 57.0 Å². The maximum Gasteiger partial charge on any atom is 0.292 e. The molecule has 0 heterocycles. The molecule has 0 aliphatic rings. The van der Waals surface area contributed by atoms with Gasteiger partial charge in [0.25, 0.3) is 6.26 Å². The molecule has 0 amide bonds. The number of rotatable bonds is 6. The lowest BCUT2D eigenvalue weighted by atomic mass is 9.73. The quantitative estimate of drug-likeness (QED) is 0.275. The molecule has 0 radical (unpaired) electrons. The van der Waals surface area contributed by atoms with Gasteiger partial charge in [0.15, 0.2) is 0 Å². The lowest BCUT2D eigenvalue weighted by Crippen LogP contribution is -2.22. The molecule has 0 aliphatic carbocycles. The van der Waals surface area contributed by atoms with Crippen LogP contribution in [0.3, 0.4) is 0 Å². The Morgan fingerprint density at radius 3 is 1.63 bits per heavy atom. The van der Waals surface area contributed by atoms with Crippen molar-refractivity contribution in [3.05, 3.63) is 107 Å². The van der Waals surface area contributed by atoms with Gasteiger partial charge in [-0.05, 0) is 51.5 Å². The Hall–Kier alpha value is -3.76. The predicted molar refractivity (Wildman–Crippen MR) is 117 cm³/mol. The summed E-state index contributed by atoms with van der Waals surface area (Å²) in [7, 11) is 0. The second-order valence-electron chi connectivity index (χ2n) is 8.26. The van der Waals surface area contributed by atoms with Gasteiger partial charge in [-0.3, -0.25) is 0 Å². The zero-order valence-corrected chi connectivity index (χ0v) is 17.6. The smallest absolute Gasteiger partial charge is 0.292 e. The molecule has 0 unspecified atom stereocenters. The maximum atomic E-state index is 8.68. The van der Waals surface area contributed by atoms with E-state index in [1.807, 2.05) is 48.5 Å². The van der Waals surface area contributed by atoms with Crippen LogP contribution < -0.4 is 9.57 Å². The Morgan fingerprint density at radius 2 is 1.20 bits per heavy atom. The van der Waals surface area contributed by atoms with Crippen LogP contribution >= 0.6 is 0 Å². The van der Waals surface area contributed by atoms with Crippen molar-refractivity contribution in [2.75, 3.05) is 0 Å². The summed E-state index contributed by atoms with van der Waals surface area (Å²) in [6.45, 7) is 15.6. The highest BCUT2D eigenvalue weighted by molar-refractivity contribution is 5.46. The molecule has 0 saturated heterocycles. The van der Waals surface area contributed by atoms with Crippen LogP contribution in [0.5, 0.6) is 11.5 Å². The van der Waals surface area contributed by atoms with Crippen molar-refractivity contribution in [2.45, 2.75) is 38.5 Å². The molecule has 150 valence electrons. The number of benzene rings is 3. The lowest BCUT2D eigenvalue weighted by molar-refractivity contribution is 0.472. The first-order chi connectivity index (χ1) is 14.3. The fourth-order valence-electron chi connectivity index (χ4n) is 3.61. The molecule has 4 nitrogen and oxygen atoms in total. The molecule has 4 heteroatoms. The van der Waals surface area contributed by atoms with Crippen LogP contribution in [0.25, 0.3) is 5.01 Å². The zero-order valence-electron chi connectivity index (χ0n) is 17.6. The molecular formula is C26H24N2O2. The van der Waals surface area contributed by atoms with Crippen LogP contribution in [-0.4, -0.2) is 0 Å². The van der Waals surface area contributed by atoms with E-state index >= 15 is 0 Å². The van der Waals surface area contributed by atoms with Crippen LogP contribution in [0.15, 0.2) is 72.8 Å². The normalized spacial score (nSPS) is 11.3. The van der Waals surface area contributed by atoms with E-state index in [4.69, 9.17) is 21.4 Å². The fraction of sp³-hybridized carbons (Fsp3) is 0.231. The minimum Gasteiger partial charge on any atom is -0.388 e. The van der Waals surface area contributed by atoms with Gasteiger partial charge < -0.3 is 4.74 Å². The third-order valence-electron chi connectivity index (χ3n) is 5.77. The highest BCUT2D eigenvalue weighted by Gasteiger charge is 2.28. The first kappa shape index (κ1) is 21.0. The fourth-order valence-corrected chi connectivity index (χ4v) is 3.61. The Labute approximate surface area is 178 Å². The van der Waals surface area contributed by atoms with Crippen molar-refractivity contribution in [1.82, 2.24) is 0 Å². The molecule has 0 saturated carbocycles. The molecule has 3 rings (SSSR count). The van der Waals surface area contributed by atoms with Gasteiger partial charge in [0.05, 0.1) is 0 Å². The minimum atomic E-state index is -0.218. The number of hydrogen-bond acceptors (Lipinski definition) is 3. The van der Waals surface area contributed by atoms with Crippen molar-refractivity contribution < 1.29 is 9.57 Å². The van der Waals surface area contributed by atoms with E-state index in [0.29, 0.717) is 11.5 Å². The molecule has 0 aliphatic heterocycles. The van der Waals surface area contributed by atoms with Crippen molar-refractivity contribution in [1.29, 1.82) is 5.26 Å². The van der Waals surface area contributed by atoms with Crippen molar-refractivity contribution in [3.8, 4) is 17.8 Å². The van der Waals surface area contributed by atoms with Crippen LogP contribution in [0.4, 0.5) is 0 Å². The first-order valence-electron chi connectivity index (χ1n) is 9.71. The second-order valence-corrected chi connectivity index (χ2v) is 8.26. The summed E-state index contributed by atoms with van der Waals surface area (Å²) in [6.07, 6.45) is 1.70. The average Bonchev–Trinajstić information content (AvgIpc) is 2.75. The van der Waals surface area contributed by atoms with E-state index in [9.17, 15) is 0 Å². The Balaban J connectivity index is 1.94. The van der Waals surface area contributed by atoms with Gasteiger partial charge in [-0.15, -0.1) is 5.26 Å². The van der Waals surface area contributed by atoms with Gasteiger partial charge >= 0.3 is 0 Å².